The van der Waals surface area contributed by atoms with Crippen LogP contribution in [-0.2, 0) is 13.1 Å². The number of rotatable bonds is 6. The molecule has 0 spiro atoms. The molecule has 1 aromatic carbocycles. The molecule has 0 amide bonds. The highest BCUT2D eigenvalue weighted by molar-refractivity contribution is 5.59. The van der Waals surface area contributed by atoms with E-state index < -0.39 is 0 Å². The second-order valence-electron chi connectivity index (χ2n) is 6.32. The molecule has 2 aromatic rings. The molecular formula is C19H26N4O3. The van der Waals surface area contributed by atoms with Gasteiger partial charge in [0.25, 0.3) is 5.56 Å². The average Bonchev–Trinajstić information content (AvgIpc) is 2.63. The lowest BCUT2D eigenvalue weighted by molar-refractivity contribution is 0.152. The van der Waals surface area contributed by atoms with E-state index in [0.717, 1.165) is 22.7 Å². The summed E-state index contributed by atoms with van der Waals surface area (Å²) in [5.41, 5.74) is 2.44. The van der Waals surface area contributed by atoms with Crippen LogP contribution in [0, 0.1) is 6.92 Å². The van der Waals surface area contributed by atoms with Crippen molar-refractivity contribution < 1.29 is 9.84 Å². The molecule has 7 nitrogen and oxygen atoms in total. The number of anilines is 2. The van der Waals surface area contributed by atoms with E-state index in [0.29, 0.717) is 38.9 Å². The fourth-order valence-electron chi connectivity index (χ4n) is 3.30. The predicted molar refractivity (Wildman–Crippen MR) is 101 cm³/mol. The van der Waals surface area contributed by atoms with Crippen LogP contribution in [0.1, 0.15) is 25.1 Å². The van der Waals surface area contributed by atoms with Crippen molar-refractivity contribution in [2.24, 2.45) is 0 Å². The summed E-state index contributed by atoms with van der Waals surface area (Å²) in [6, 6.07) is 7.76. The maximum Gasteiger partial charge on any atom is 0.259 e. The number of aromatic nitrogens is 2. The van der Waals surface area contributed by atoms with Gasteiger partial charge in [-0.2, -0.15) is 0 Å². The first-order chi connectivity index (χ1) is 12.6. The molecule has 0 fully saturated rings. The third-order valence-electron chi connectivity index (χ3n) is 4.60. The van der Waals surface area contributed by atoms with Crippen LogP contribution in [0.25, 0.3) is 0 Å². The third kappa shape index (κ3) is 3.45. The maximum atomic E-state index is 12.9. The Kier molecular flexibility index (Phi) is 5.58. The van der Waals surface area contributed by atoms with Crippen molar-refractivity contribution >= 4 is 11.6 Å². The van der Waals surface area contributed by atoms with Crippen LogP contribution in [0.5, 0.6) is 5.75 Å². The van der Waals surface area contributed by atoms with Gasteiger partial charge in [0.2, 0.25) is 5.95 Å². The van der Waals surface area contributed by atoms with Gasteiger partial charge >= 0.3 is 0 Å². The lowest BCUT2D eigenvalue weighted by Crippen LogP contribution is -2.48. The summed E-state index contributed by atoms with van der Waals surface area (Å²) in [6.45, 7) is 7.96. The quantitative estimate of drug-likeness (QED) is 0.850. The molecule has 1 N–H and O–H groups in total. The Morgan fingerprint density at radius 1 is 1.19 bits per heavy atom. The summed E-state index contributed by atoms with van der Waals surface area (Å²) in [5.74, 6) is 1.45. The zero-order valence-corrected chi connectivity index (χ0v) is 15.6. The minimum atomic E-state index is -0.00595. The number of benzene rings is 1. The first-order valence-corrected chi connectivity index (χ1v) is 9.03. The first kappa shape index (κ1) is 18.4. The van der Waals surface area contributed by atoms with Gasteiger partial charge in [0, 0.05) is 23.5 Å². The van der Waals surface area contributed by atoms with Gasteiger partial charge in [0.15, 0.2) is 0 Å². The monoisotopic (exact) mass is 358 g/mol. The molecule has 1 aliphatic heterocycles. The molecule has 26 heavy (non-hydrogen) atoms. The number of aliphatic hydroxyl groups excluding tert-OH is 1. The molecule has 1 aliphatic rings. The molecule has 0 saturated heterocycles. The summed E-state index contributed by atoms with van der Waals surface area (Å²) in [4.78, 5) is 21.7. The lowest BCUT2D eigenvalue weighted by Gasteiger charge is -2.38. The number of ether oxygens (including phenoxy) is 1. The normalized spacial score (nSPS) is 14.4. The molecule has 0 radical (unpaired) electrons. The van der Waals surface area contributed by atoms with Crippen molar-refractivity contribution in [3.8, 4) is 5.75 Å². The number of hydrogen-bond donors (Lipinski definition) is 1. The number of nitrogens with zero attached hydrogens (tertiary/aromatic N) is 4. The van der Waals surface area contributed by atoms with Crippen molar-refractivity contribution in [1.29, 1.82) is 0 Å². The van der Waals surface area contributed by atoms with Crippen molar-refractivity contribution in [3.63, 3.8) is 0 Å². The molecule has 3 rings (SSSR count). The third-order valence-corrected chi connectivity index (χ3v) is 4.60. The number of β-amino-alcohol motifs (C(OH)–C–C–N with tert-alkyl or cyclic N) is 1. The number of aryl methyl sites for hydroxylation is 1. The molecular weight excluding hydrogens is 332 g/mol. The summed E-state index contributed by atoms with van der Waals surface area (Å²) in [7, 11) is 0. The molecule has 0 bridgehead atoms. The topological polar surface area (TPSA) is 70.8 Å². The molecule has 0 atom stereocenters. The van der Waals surface area contributed by atoms with Crippen molar-refractivity contribution in [1.82, 2.24) is 14.5 Å². The van der Waals surface area contributed by atoms with E-state index in [1.165, 1.54) is 0 Å². The molecule has 0 unspecified atom stereocenters. The molecule has 0 saturated carbocycles. The number of fused-ring (bicyclic) bond motifs is 1. The Bertz CT molecular complexity index is 817. The van der Waals surface area contributed by atoms with Gasteiger partial charge in [0.05, 0.1) is 26.6 Å². The smallest absolute Gasteiger partial charge is 0.259 e. The van der Waals surface area contributed by atoms with Gasteiger partial charge < -0.3 is 9.84 Å². The Labute approximate surface area is 153 Å². The van der Waals surface area contributed by atoms with Gasteiger partial charge in [-0.05, 0) is 44.5 Å². The zero-order valence-electron chi connectivity index (χ0n) is 15.6. The summed E-state index contributed by atoms with van der Waals surface area (Å²) in [5, 5.41) is 9.35. The second-order valence-corrected chi connectivity index (χ2v) is 6.32. The van der Waals surface area contributed by atoms with E-state index in [4.69, 9.17) is 9.72 Å². The van der Waals surface area contributed by atoms with Gasteiger partial charge in [-0.1, -0.05) is 6.92 Å². The van der Waals surface area contributed by atoms with Crippen molar-refractivity contribution in [2.75, 3.05) is 31.3 Å². The minimum Gasteiger partial charge on any atom is -0.494 e. The van der Waals surface area contributed by atoms with E-state index in [2.05, 4.69) is 0 Å². The number of aliphatic hydroxyl groups is 1. The van der Waals surface area contributed by atoms with Crippen LogP contribution in [0.4, 0.5) is 11.6 Å². The average molecular weight is 358 g/mol. The molecule has 2 heterocycles. The van der Waals surface area contributed by atoms with Gasteiger partial charge in [-0.3, -0.25) is 19.2 Å². The second kappa shape index (κ2) is 7.88. The largest absolute Gasteiger partial charge is 0.494 e. The van der Waals surface area contributed by atoms with Crippen LogP contribution in [0.2, 0.25) is 0 Å². The fraction of sp³-hybridized carbons (Fsp3) is 0.474. The van der Waals surface area contributed by atoms with E-state index in [9.17, 15) is 9.90 Å². The zero-order chi connectivity index (χ0) is 18.7. The van der Waals surface area contributed by atoms with Crippen molar-refractivity contribution in [3.05, 3.63) is 45.9 Å². The van der Waals surface area contributed by atoms with Gasteiger partial charge in [0.1, 0.15) is 5.75 Å². The van der Waals surface area contributed by atoms with Gasteiger partial charge in [-0.25, -0.2) is 4.98 Å². The van der Waals surface area contributed by atoms with Gasteiger partial charge in [-0.15, -0.1) is 0 Å². The van der Waals surface area contributed by atoms with E-state index in [-0.39, 0.29) is 12.2 Å². The fourth-order valence-corrected chi connectivity index (χ4v) is 3.30. The van der Waals surface area contributed by atoms with Crippen LogP contribution in [-0.4, -0.2) is 46.0 Å². The predicted octanol–water partition coefficient (Wildman–Crippen LogP) is 1.87. The van der Waals surface area contributed by atoms with E-state index in [1.54, 1.807) is 4.57 Å². The first-order valence-electron chi connectivity index (χ1n) is 9.03. The molecule has 0 aliphatic carbocycles. The Morgan fingerprint density at radius 3 is 2.54 bits per heavy atom. The highest BCUT2D eigenvalue weighted by atomic mass is 16.5. The standard InChI is InChI=1S/C19H26N4O3/c1-4-17-14(3)20-19-22(15-6-8-16(9-7-15)26-5-2)12-21(10-11-24)13-23(19)18(17)25/h6-9,24H,4-5,10-13H2,1-3H3. The highest BCUT2D eigenvalue weighted by Gasteiger charge is 2.27. The minimum absolute atomic E-state index is 0.00595. The SMILES string of the molecule is CCOc1ccc(N2CN(CCO)Cn3c2nc(C)c(CC)c3=O)cc1. The van der Waals surface area contributed by atoms with Crippen LogP contribution in [0.3, 0.4) is 0 Å². The van der Waals surface area contributed by atoms with Crippen LogP contribution >= 0.6 is 0 Å². The molecule has 1 aromatic heterocycles. The Morgan fingerprint density at radius 2 is 1.92 bits per heavy atom. The molecule has 7 heteroatoms. The van der Waals surface area contributed by atoms with E-state index in [1.807, 2.05) is 54.8 Å². The Balaban J connectivity index is 2.06. The number of hydrogen-bond acceptors (Lipinski definition) is 6. The summed E-state index contributed by atoms with van der Waals surface area (Å²) >= 11 is 0. The Hall–Kier alpha value is -2.38. The van der Waals surface area contributed by atoms with Crippen LogP contribution in [0.15, 0.2) is 29.1 Å². The summed E-state index contributed by atoms with van der Waals surface area (Å²) in [6.07, 6.45) is 0.654. The van der Waals surface area contributed by atoms with Crippen LogP contribution < -0.4 is 15.2 Å². The van der Waals surface area contributed by atoms with E-state index >= 15 is 0 Å². The highest BCUT2D eigenvalue weighted by Crippen LogP contribution is 2.29. The maximum absolute atomic E-state index is 12.9. The van der Waals surface area contributed by atoms with Crippen molar-refractivity contribution in [2.45, 2.75) is 33.9 Å². The molecule has 140 valence electrons. The lowest BCUT2D eigenvalue weighted by atomic mass is 10.2. The summed E-state index contributed by atoms with van der Waals surface area (Å²) < 4.78 is 7.21.